The number of fused-ring (bicyclic) bond motifs is 7. The van der Waals surface area contributed by atoms with Crippen molar-refractivity contribution in [2.45, 2.75) is 377 Å². The zero-order valence-electron chi connectivity index (χ0n) is 76.2. The van der Waals surface area contributed by atoms with E-state index in [1.54, 1.807) is 0 Å². The van der Waals surface area contributed by atoms with Crippen LogP contribution in [0.15, 0.2) is 11.6 Å². The summed E-state index contributed by atoms with van der Waals surface area (Å²) in [5.74, 6) is -14.7. The van der Waals surface area contributed by atoms with Crippen molar-refractivity contribution in [1.29, 1.82) is 0 Å². The maximum Gasteiger partial charge on any atom is 0.317 e. The molecule has 712 valence electrons. The molecule has 40 nitrogen and oxygen atoms in total. The van der Waals surface area contributed by atoms with Gasteiger partial charge in [0.05, 0.1) is 37.6 Å². The maximum atomic E-state index is 16.4. The zero-order valence-corrected chi connectivity index (χ0v) is 76.2. The third kappa shape index (κ3) is 21.9. The summed E-state index contributed by atoms with van der Waals surface area (Å²) in [5, 5.41) is 13.6. The Morgan fingerprint density at radius 3 is 1.27 bits per heavy atom. The van der Waals surface area contributed by atoms with Crippen LogP contribution in [0.25, 0.3) is 0 Å². The van der Waals surface area contributed by atoms with Crippen LogP contribution in [-0.4, -0.2) is 274 Å². The van der Waals surface area contributed by atoms with Crippen LogP contribution in [0.3, 0.4) is 0 Å². The summed E-state index contributed by atoms with van der Waals surface area (Å²) in [6.45, 7) is 30.7. The van der Waals surface area contributed by atoms with Gasteiger partial charge in [0.2, 0.25) is 12.4 Å². The molecule has 33 atom stereocenters. The predicted molar refractivity (Wildman–Crippen MR) is 422 cm³/mol. The molecule has 0 unspecified atom stereocenters. The highest BCUT2D eigenvalue weighted by Gasteiger charge is 2.73. The number of rotatable bonds is 26. The summed E-state index contributed by atoms with van der Waals surface area (Å²) in [4.78, 5) is 198. The molecule has 10 rings (SSSR count). The Balaban J connectivity index is 0.961. The molecule has 1 N–H and O–H groups in total. The standard InChI is InChI=1S/C87H124O40/c1-37-62(110-41(5)90)67(114-45(9)94)73(119-50(14)99)78(107-37)125-65-56(34-104-39(3)88)122-76(72(118-49(13)98)70(65)117-48(12)97)105-36-57-64(112-43(7)92)69(116-47(11)96)75(121-52(16)101)80(123-57)127-81(103)87-31-30-82(17,18)32-54(87)53-24-25-59-84(21)28-27-61(83(19,20)58(84)26-29-85(59,22)86(53,23)33-60(87)102)124-77-71(66(113-44(8)93)55(35-106-77)109-40(4)89)126-79-74(120-51(15)100)68(115-46(10)95)63(38(2)108-79)111-42(6)91/h24,37-38,54-80,102H,25-36H2,1-23H3/t37-,38-,54-,55-,56+,57+,58-,59+,60+,61-,62-,63-,64+,65+,66-,67+,68+,69-,70-,71+,72+,73+,74+,75+,76+,77-,78-,79-,80-,84-,85+,86+,87+/m0/s1. The second-order valence-electron chi connectivity index (χ2n) is 36.9. The number of aliphatic hydroxyl groups is 1. The zero-order chi connectivity index (χ0) is 94.1. The first-order valence-corrected chi connectivity index (χ1v) is 43.0. The third-order valence-electron chi connectivity index (χ3n) is 26.9. The molecule has 0 aromatic heterocycles. The molecule has 5 saturated heterocycles. The van der Waals surface area contributed by atoms with Crippen molar-refractivity contribution in [1.82, 2.24) is 0 Å². The van der Waals surface area contributed by atoms with E-state index in [0.29, 0.717) is 44.9 Å². The molecule has 40 heteroatoms. The molecule has 10 aliphatic rings. The lowest BCUT2D eigenvalue weighted by Crippen LogP contribution is -2.69. The first-order valence-electron chi connectivity index (χ1n) is 43.0. The molecule has 0 amide bonds. The van der Waals surface area contributed by atoms with Gasteiger partial charge in [-0.15, -0.1) is 0 Å². The SMILES string of the molecule is CC(=O)OC[C@H]1O[C@@H](OC[C@H]2O[C@@H](OC(=O)[C@]34CCC(C)(C)C[C@H]3C3=CC[C@@H]5[C@@]6(C)CC[C@H](O[C@@H]7OC[C@H](OC(C)=O)[C@H](OC(C)=O)[C@H]7O[C@@H]7O[C@@H](C)[C@H](OC(C)=O)[C@@H](OC(C)=O)[C@H]7OC(C)=O)C(C)(C)[C@@H]6CC[C@@]5(C)[C@]3(C)C[C@H]4O)[C@H](OC(C)=O)[C@@H](OC(C)=O)[C@@H]2OC(C)=O)[C@H](OC(C)=O)[C@@H](OC(C)=O)[C@@H]1O[C@@H]1O[C@@H](C)[C@H](OC(C)=O)[C@@H](OC(C)=O)[C@H]1OC(C)=O. The molecule has 0 aromatic carbocycles. The predicted octanol–water partition coefficient (Wildman–Crippen LogP) is 5.45. The van der Waals surface area contributed by atoms with E-state index in [-0.39, 0.29) is 31.3 Å². The van der Waals surface area contributed by atoms with Gasteiger partial charge < -0.3 is 119 Å². The Hall–Kier alpha value is -8.61. The minimum atomic E-state index is -2.11. The second-order valence-corrected chi connectivity index (χ2v) is 36.9. The number of ether oxygens (including phenoxy) is 24. The first kappa shape index (κ1) is 101. The van der Waals surface area contributed by atoms with E-state index in [1.807, 2.05) is 0 Å². The third-order valence-corrected chi connectivity index (χ3v) is 26.9. The molecule has 5 aliphatic heterocycles. The lowest BCUT2D eigenvalue weighted by atomic mass is 9.33. The molecule has 4 saturated carbocycles. The summed E-state index contributed by atoms with van der Waals surface area (Å²) < 4.78 is 146. The number of hydrogen-bond acceptors (Lipinski definition) is 40. The van der Waals surface area contributed by atoms with Crippen molar-refractivity contribution in [3.8, 4) is 0 Å². The molecule has 5 aliphatic carbocycles. The van der Waals surface area contributed by atoms with Gasteiger partial charge in [0.25, 0.3) is 0 Å². The van der Waals surface area contributed by atoms with Gasteiger partial charge in [0, 0.05) is 96.9 Å². The summed E-state index contributed by atoms with van der Waals surface area (Å²) in [6, 6.07) is 0. The minimum Gasteiger partial charge on any atom is -0.463 e. The van der Waals surface area contributed by atoms with Crippen LogP contribution in [0, 0.1) is 50.2 Å². The molecular weight excluding hydrogens is 1680 g/mol. The molecular formula is C87H124O40. The number of carbonyl (C=O) groups is 15. The van der Waals surface area contributed by atoms with Gasteiger partial charge in [-0.3, -0.25) is 71.9 Å². The molecule has 0 bridgehead atoms. The van der Waals surface area contributed by atoms with E-state index < -0.39 is 301 Å². The van der Waals surface area contributed by atoms with Crippen molar-refractivity contribution in [2.75, 3.05) is 19.8 Å². The normalized spacial score (nSPS) is 39.9. The van der Waals surface area contributed by atoms with E-state index >= 15 is 4.79 Å². The maximum absolute atomic E-state index is 16.4. The number of aliphatic hydroxyl groups excluding tert-OH is 1. The molecule has 0 spiro atoms. The number of esters is 15. The summed E-state index contributed by atoms with van der Waals surface area (Å²) in [7, 11) is 0. The van der Waals surface area contributed by atoms with Crippen LogP contribution in [0.2, 0.25) is 0 Å². The fraction of sp³-hybridized carbons (Fsp3) is 0.805. The Bertz CT molecular complexity index is 4160. The highest BCUT2D eigenvalue weighted by molar-refractivity contribution is 5.80. The molecule has 5 heterocycles. The fourth-order valence-corrected chi connectivity index (χ4v) is 21.9. The molecule has 127 heavy (non-hydrogen) atoms. The Labute approximate surface area is 735 Å². The van der Waals surface area contributed by atoms with Crippen LogP contribution in [-0.2, 0) is 186 Å². The average Bonchev–Trinajstić information content (AvgIpc) is 0.669. The smallest absolute Gasteiger partial charge is 0.317 e. The van der Waals surface area contributed by atoms with Gasteiger partial charge in [-0.05, 0) is 116 Å². The van der Waals surface area contributed by atoms with Crippen LogP contribution < -0.4 is 0 Å². The monoisotopic (exact) mass is 1810 g/mol. The Morgan fingerprint density at radius 2 is 0.787 bits per heavy atom. The van der Waals surface area contributed by atoms with Crippen LogP contribution >= 0.6 is 0 Å². The Morgan fingerprint density at radius 1 is 0.378 bits per heavy atom. The average molecular weight is 1810 g/mol. The van der Waals surface area contributed by atoms with Gasteiger partial charge in [-0.1, -0.05) is 60.1 Å². The topological polar surface area (TPSA) is 498 Å². The summed E-state index contributed by atoms with van der Waals surface area (Å²) in [5.41, 5.74) is -3.90. The van der Waals surface area contributed by atoms with E-state index in [4.69, 9.17) is 114 Å². The number of hydrogen-bond donors (Lipinski definition) is 1. The molecule has 9 fully saturated rings. The lowest BCUT2D eigenvalue weighted by molar-refractivity contribution is -0.365. The van der Waals surface area contributed by atoms with E-state index in [2.05, 4.69) is 54.5 Å². The van der Waals surface area contributed by atoms with Crippen molar-refractivity contribution in [3.63, 3.8) is 0 Å². The fourth-order valence-electron chi connectivity index (χ4n) is 21.9. The second kappa shape index (κ2) is 40.0. The first-order chi connectivity index (χ1) is 59.2. The van der Waals surface area contributed by atoms with Crippen molar-refractivity contribution < 1.29 is 191 Å². The van der Waals surface area contributed by atoms with E-state index in [0.717, 1.165) is 103 Å². The van der Waals surface area contributed by atoms with Crippen LogP contribution in [0.4, 0.5) is 0 Å². The highest BCUT2D eigenvalue weighted by atomic mass is 16.8. The number of allylic oxidation sites excluding steroid dienone is 2. The molecule has 0 radical (unpaired) electrons. The van der Waals surface area contributed by atoms with Crippen molar-refractivity contribution in [2.24, 2.45) is 50.2 Å². The minimum absolute atomic E-state index is 0.0360. The van der Waals surface area contributed by atoms with Gasteiger partial charge in [0.15, 0.2) is 105 Å². The van der Waals surface area contributed by atoms with Gasteiger partial charge in [-0.2, -0.15) is 0 Å². The van der Waals surface area contributed by atoms with Gasteiger partial charge >= 0.3 is 89.5 Å². The summed E-state index contributed by atoms with van der Waals surface area (Å²) >= 11 is 0. The lowest BCUT2D eigenvalue weighted by Gasteiger charge is -2.71. The summed E-state index contributed by atoms with van der Waals surface area (Å²) in [6.07, 6.45) is -36.1. The van der Waals surface area contributed by atoms with E-state index in [1.165, 1.54) is 13.8 Å². The highest BCUT2D eigenvalue weighted by Crippen LogP contribution is 2.76. The quantitative estimate of drug-likeness (QED) is 0.0487. The van der Waals surface area contributed by atoms with Crippen molar-refractivity contribution >= 4 is 89.5 Å². The van der Waals surface area contributed by atoms with E-state index in [9.17, 15) is 72.2 Å². The largest absolute Gasteiger partial charge is 0.463 e. The molecule has 0 aromatic rings. The number of carbonyl (C=O) groups excluding carboxylic acids is 15. The van der Waals surface area contributed by atoms with Gasteiger partial charge in [-0.25, -0.2) is 0 Å². The Kier molecular flexibility index (Phi) is 31.7. The van der Waals surface area contributed by atoms with Crippen molar-refractivity contribution in [3.05, 3.63) is 11.6 Å². The van der Waals surface area contributed by atoms with Crippen LogP contribution in [0.1, 0.15) is 217 Å². The van der Waals surface area contributed by atoms with Gasteiger partial charge in [0.1, 0.15) is 30.3 Å². The van der Waals surface area contributed by atoms with Crippen LogP contribution in [0.5, 0.6) is 0 Å².